The molecule has 0 fully saturated rings. The van der Waals surface area contributed by atoms with Gasteiger partial charge in [-0.1, -0.05) is 7.56 Å². The summed E-state index contributed by atoms with van der Waals surface area (Å²) in [6, 6.07) is 0. The summed E-state index contributed by atoms with van der Waals surface area (Å²) in [4.78, 5) is 0. The number of hydrogen-bond acceptors (Lipinski definition) is 0. The largest absolute Gasteiger partial charge is 0.593 e. The summed E-state index contributed by atoms with van der Waals surface area (Å²) in [5.74, 6) is -11.0. The van der Waals surface area contributed by atoms with Gasteiger partial charge in [0.15, 0.2) is 17.5 Å². The zero-order valence-electron chi connectivity index (χ0n) is 5.85. The highest BCUT2D eigenvalue weighted by Gasteiger charge is 2.20. The van der Waals surface area contributed by atoms with Gasteiger partial charge in [0.25, 0.3) is 0 Å². The van der Waals surface area contributed by atoms with E-state index in [-0.39, 0.29) is 0 Å². The lowest BCUT2D eigenvalue weighted by Gasteiger charge is -2.12. The molecule has 0 atom stereocenters. The van der Waals surface area contributed by atoms with Gasteiger partial charge < -0.3 is 4.32 Å². The number of hydrogen-bond donors (Lipinski definition) is 0. The Morgan fingerprint density at radius 2 is 0.923 bits per heavy atom. The van der Waals surface area contributed by atoms with Crippen LogP contribution in [0.5, 0.6) is 0 Å². The molecule has 0 aromatic heterocycles. The number of benzene rings is 1. The van der Waals surface area contributed by atoms with E-state index in [0.717, 1.165) is 0 Å². The molecule has 2 radical (unpaired) electrons. The third-order valence-electron chi connectivity index (χ3n) is 1.35. The SMILES string of the molecule is F[B-]c1c(F)c(F)c(F)c(F)c1F. The van der Waals surface area contributed by atoms with Gasteiger partial charge >= 0.3 is 0 Å². The van der Waals surface area contributed by atoms with E-state index in [1.54, 1.807) is 0 Å². The molecular weight excluding hydrogens is 197 g/mol. The molecule has 0 unspecified atom stereocenters. The van der Waals surface area contributed by atoms with E-state index in [9.17, 15) is 26.3 Å². The van der Waals surface area contributed by atoms with Crippen LogP contribution in [0.2, 0.25) is 0 Å². The number of rotatable bonds is 1. The molecule has 0 N–H and O–H groups in total. The van der Waals surface area contributed by atoms with Gasteiger partial charge in [0.2, 0.25) is 0 Å². The fourth-order valence-electron chi connectivity index (χ4n) is 0.718. The topological polar surface area (TPSA) is 0 Å². The summed E-state index contributed by atoms with van der Waals surface area (Å²) in [5.41, 5.74) is -1.57. The van der Waals surface area contributed by atoms with Gasteiger partial charge in [0.05, 0.1) is 0 Å². The highest BCUT2D eigenvalue weighted by Crippen LogP contribution is 2.15. The average Bonchev–Trinajstić information content (AvgIpc) is 2.13. The van der Waals surface area contributed by atoms with Gasteiger partial charge in [-0.3, -0.25) is 0 Å². The molecule has 1 aromatic rings. The van der Waals surface area contributed by atoms with Gasteiger partial charge in [-0.25, -0.2) is 22.0 Å². The van der Waals surface area contributed by atoms with E-state index in [2.05, 4.69) is 0 Å². The van der Waals surface area contributed by atoms with E-state index in [0.29, 0.717) is 0 Å². The molecular formula is C6BF6-. The molecule has 0 nitrogen and oxygen atoms in total. The van der Waals surface area contributed by atoms with Crippen LogP contribution >= 0.6 is 0 Å². The van der Waals surface area contributed by atoms with Crippen molar-refractivity contribution in [2.24, 2.45) is 0 Å². The summed E-state index contributed by atoms with van der Waals surface area (Å²) < 4.78 is 73.3. The van der Waals surface area contributed by atoms with Crippen molar-refractivity contribution < 1.29 is 26.3 Å². The van der Waals surface area contributed by atoms with E-state index < -0.39 is 42.1 Å². The van der Waals surface area contributed by atoms with Crippen LogP contribution in [0.3, 0.4) is 0 Å². The third kappa shape index (κ3) is 1.38. The molecule has 1 rings (SSSR count). The molecule has 7 heteroatoms. The highest BCUT2D eigenvalue weighted by molar-refractivity contribution is 6.46. The van der Waals surface area contributed by atoms with Crippen molar-refractivity contribution in [3.8, 4) is 0 Å². The summed E-state index contributed by atoms with van der Waals surface area (Å²) in [5, 5.41) is 0. The minimum absolute atomic E-state index is 0.684. The van der Waals surface area contributed by atoms with Gasteiger partial charge in [0.1, 0.15) is 11.6 Å². The van der Waals surface area contributed by atoms with Crippen LogP contribution in [0.1, 0.15) is 0 Å². The van der Waals surface area contributed by atoms with E-state index >= 15 is 0 Å². The minimum Gasteiger partial charge on any atom is -0.593 e. The Morgan fingerprint density at radius 1 is 0.615 bits per heavy atom. The lowest BCUT2D eigenvalue weighted by atomic mass is 9.89. The standard InChI is InChI=1S/C6BF6/c8-2-1(7-13)3(9)5(11)6(12)4(2)10/q-1. The maximum atomic E-state index is 12.4. The maximum Gasteiger partial charge on any atom is 0.200 e. The second kappa shape index (κ2) is 3.31. The molecule has 1 aromatic carbocycles. The maximum absolute atomic E-state index is 12.4. The van der Waals surface area contributed by atoms with Crippen molar-refractivity contribution in [3.05, 3.63) is 29.1 Å². The molecule has 0 heterocycles. The third-order valence-corrected chi connectivity index (χ3v) is 1.35. The first-order valence-electron chi connectivity index (χ1n) is 2.95. The van der Waals surface area contributed by atoms with Crippen LogP contribution in [0.4, 0.5) is 26.3 Å². The highest BCUT2D eigenvalue weighted by atomic mass is 19.2. The Hall–Kier alpha value is -1.14. The van der Waals surface area contributed by atoms with E-state index in [1.807, 2.05) is 0 Å². The van der Waals surface area contributed by atoms with Gasteiger partial charge in [-0.15, -0.1) is 0 Å². The Morgan fingerprint density at radius 3 is 1.23 bits per heavy atom. The summed E-state index contributed by atoms with van der Waals surface area (Å²) in [7, 11) is -0.684. The predicted molar refractivity (Wildman–Crippen MR) is 32.7 cm³/mol. The quantitative estimate of drug-likeness (QED) is 0.277. The lowest BCUT2D eigenvalue weighted by molar-refractivity contribution is 0.383. The van der Waals surface area contributed by atoms with Crippen molar-refractivity contribution in [2.75, 3.05) is 0 Å². The second-order valence-corrected chi connectivity index (χ2v) is 2.09. The zero-order valence-corrected chi connectivity index (χ0v) is 5.85. The van der Waals surface area contributed by atoms with Crippen LogP contribution in [0.25, 0.3) is 0 Å². The van der Waals surface area contributed by atoms with Crippen LogP contribution in [-0.4, -0.2) is 7.56 Å². The van der Waals surface area contributed by atoms with Crippen molar-refractivity contribution in [2.45, 2.75) is 0 Å². The van der Waals surface area contributed by atoms with E-state index in [4.69, 9.17) is 0 Å². The minimum atomic E-state index is -2.30. The average molecular weight is 197 g/mol. The van der Waals surface area contributed by atoms with Crippen LogP contribution in [0, 0.1) is 29.1 Å². The molecule has 0 aliphatic rings. The van der Waals surface area contributed by atoms with Crippen molar-refractivity contribution in [1.29, 1.82) is 0 Å². The van der Waals surface area contributed by atoms with Gasteiger partial charge in [-0.05, 0) is 0 Å². The monoisotopic (exact) mass is 197 g/mol. The first kappa shape index (κ1) is 9.95. The lowest BCUT2D eigenvalue weighted by Crippen LogP contribution is -2.24. The Kier molecular flexibility index (Phi) is 2.54. The molecule has 0 aliphatic heterocycles. The van der Waals surface area contributed by atoms with Crippen LogP contribution < -0.4 is 5.46 Å². The Balaban J connectivity index is 3.56. The fraction of sp³-hybridized carbons (Fsp3) is 0. The molecule has 70 valence electrons. The predicted octanol–water partition coefficient (Wildman–Crippen LogP) is 1.60. The summed E-state index contributed by atoms with van der Waals surface area (Å²) in [6.07, 6.45) is 0. The normalized spacial score (nSPS) is 10.6. The molecule has 13 heavy (non-hydrogen) atoms. The van der Waals surface area contributed by atoms with Gasteiger partial charge in [-0.2, -0.15) is 5.46 Å². The number of halogens is 6. The molecule has 0 saturated carbocycles. The molecule has 0 aliphatic carbocycles. The van der Waals surface area contributed by atoms with Crippen LogP contribution in [-0.2, 0) is 0 Å². The first-order valence-corrected chi connectivity index (χ1v) is 2.95. The van der Waals surface area contributed by atoms with Crippen molar-refractivity contribution in [1.82, 2.24) is 0 Å². The molecule has 0 bridgehead atoms. The Labute approximate surface area is 69.5 Å². The Bertz CT molecular complexity index is 320. The van der Waals surface area contributed by atoms with Crippen molar-refractivity contribution >= 4 is 13.0 Å². The second-order valence-electron chi connectivity index (χ2n) is 2.09. The molecule has 0 saturated heterocycles. The molecule has 0 spiro atoms. The summed E-state index contributed by atoms with van der Waals surface area (Å²) >= 11 is 0. The zero-order chi connectivity index (χ0) is 10.2. The summed E-state index contributed by atoms with van der Waals surface area (Å²) in [6.45, 7) is 0. The molecule has 0 amide bonds. The first-order chi connectivity index (χ1) is 6.00. The van der Waals surface area contributed by atoms with E-state index in [1.165, 1.54) is 0 Å². The van der Waals surface area contributed by atoms with Crippen LogP contribution in [0.15, 0.2) is 0 Å². The van der Waals surface area contributed by atoms with Crippen molar-refractivity contribution in [3.63, 3.8) is 0 Å². The fourth-order valence-corrected chi connectivity index (χ4v) is 0.718. The van der Waals surface area contributed by atoms with Gasteiger partial charge in [0, 0.05) is 0 Å². The smallest absolute Gasteiger partial charge is 0.200 e.